The summed E-state index contributed by atoms with van der Waals surface area (Å²) in [5.41, 5.74) is 6.60. The Morgan fingerprint density at radius 3 is 3.00 bits per heavy atom. The molecule has 1 fully saturated rings. The van der Waals surface area contributed by atoms with Gasteiger partial charge < -0.3 is 15.8 Å². The van der Waals surface area contributed by atoms with Crippen LogP contribution in [0.1, 0.15) is 30.1 Å². The molecule has 4 nitrogen and oxygen atoms in total. The van der Waals surface area contributed by atoms with Gasteiger partial charge in [-0.25, -0.2) is 0 Å². The fraction of sp³-hybridized carbons (Fsp3) is 0.462. The molecule has 0 spiro atoms. The maximum absolute atomic E-state index is 12.2. The Morgan fingerprint density at radius 1 is 1.56 bits per heavy atom. The summed E-state index contributed by atoms with van der Waals surface area (Å²) in [6.45, 7) is 3.33. The smallest absolute Gasteiger partial charge is 0.253 e. The van der Waals surface area contributed by atoms with E-state index >= 15 is 0 Å². The molecule has 1 amide bonds. The molecule has 3 N–H and O–H groups in total. The van der Waals surface area contributed by atoms with Crippen molar-refractivity contribution in [2.75, 3.05) is 18.9 Å². The van der Waals surface area contributed by atoms with Crippen LogP contribution in [0.2, 0.25) is 0 Å². The molecule has 18 heavy (non-hydrogen) atoms. The van der Waals surface area contributed by atoms with Crippen molar-refractivity contribution in [3.8, 4) is 0 Å². The summed E-state index contributed by atoms with van der Waals surface area (Å²) < 4.78 is 6.07. The van der Waals surface area contributed by atoms with E-state index in [9.17, 15) is 4.79 Å². The van der Waals surface area contributed by atoms with Gasteiger partial charge in [0.2, 0.25) is 0 Å². The first-order valence-corrected chi connectivity index (χ1v) is 6.75. The lowest BCUT2D eigenvalue weighted by Gasteiger charge is -2.34. The van der Waals surface area contributed by atoms with Gasteiger partial charge in [-0.1, -0.05) is 6.07 Å². The zero-order valence-electron chi connectivity index (χ0n) is 10.3. The van der Waals surface area contributed by atoms with E-state index in [1.165, 1.54) is 0 Å². The first-order valence-electron chi connectivity index (χ1n) is 5.96. The van der Waals surface area contributed by atoms with E-state index in [4.69, 9.17) is 10.5 Å². The Kier molecular flexibility index (Phi) is 3.92. The number of nitrogen functional groups attached to an aromatic ring is 1. The van der Waals surface area contributed by atoms with Crippen molar-refractivity contribution in [1.82, 2.24) is 5.32 Å². The number of carbonyl (C=O) groups is 1. The average Bonchev–Trinajstić information content (AvgIpc) is 2.33. The van der Waals surface area contributed by atoms with Crippen LogP contribution in [-0.4, -0.2) is 24.7 Å². The van der Waals surface area contributed by atoms with Crippen LogP contribution < -0.4 is 11.1 Å². The van der Waals surface area contributed by atoms with Gasteiger partial charge in [0.05, 0.1) is 22.2 Å². The number of halogens is 1. The Bertz CT molecular complexity index is 456. The van der Waals surface area contributed by atoms with Gasteiger partial charge >= 0.3 is 0 Å². The third-order valence-electron chi connectivity index (χ3n) is 3.13. The summed E-state index contributed by atoms with van der Waals surface area (Å²) in [6.07, 6.45) is 1.90. The second-order valence-corrected chi connectivity index (χ2v) is 5.67. The minimum absolute atomic E-state index is 0.123. The molecule has 2 rings (SSSR count). The Balaban J connectivity index is 2.14. The van der Waals surface area contributed by atoms with E-state index in [-0.39, 0.29) is 11.4 Å². The molecule has 0 radical (unpaired) electrons. The summed E-state index contributed by atoms with van der Waals surface area (Å²) in [6, 6.07) is 5.28. The minimum atomic E-state index is -0.292. The van der Waals surface area contributed by atoms with Gasteiger partial charge in [-0.05, 0) is 47.8 Å². The van der Waals surface area contributed by atoms with Crippen molar-refractivity contribution in [2.24, 2.45) is 0 Å². The maximum Gasteiger partial charge on any atom is 0.253 e. The quantitative estimate of drug-likeness (QED) is 0.824. The van der Waals surface area contributed by atoms with Crippen LogP contribution in [-0.2, 0) is 4.74 Å². The number of amides is 1. The third kappa shape index (κ3) is 2.84. The van der Waals surface area contributed by atoms with E-state index in [0.29, 0.717) is 22.3 Å². The molecule has 0 aliphatic carbocycles. The molecule has 1 unspecified atom stereocenters. The predicted octanol–water partition coefficient (Wildman–Crippen LogP) is 2.33. The van der Waals surface area contributed by atoms with Crippen LogP contribution in [0.15, 0.2) is 22.7 Å². The molecular weight excluding hydrogens is 296 g/mol. The lowest BCUT2D eigenvalue weighted by molar-refractivity contribution is 0.0272. The number of nitrogens with one attached hydrogen (secondary N) is 1. The third-order valence-corrected chi connectivity index (χ3v) is 4.01. The molecule has 0 aromatic heterocycles. The summed E-state index contributed by atoms with van der Waals surface area (Å²) in [7, 11) is 0. The zero-order valence-corrected chi connectivity index (χ0v) is 11.9. The van der Waals surface area contributed by atoms with Gasteiger partial charge in [-0.2, -0.15) is 0 Å². The molecule has 1 aliphatic heterocycles. The number of hydrogen-bond acceptors (Lipinski definition) is 3. The fourth-order valence-electron chi connectivity index (χ4n) is 2.10. The molecule has 1 aromatic rings. The molecule has 1 heterocycles. The Labute approximate surface area is 115 Å². The maximum atomic E-state index is 12.2. The summed E-state index contributed by atoms with van der Waals surface area (Å²) in [5, 5.41) is 3.03. The SMILES string of the molecule is CC1(NC(=O)c2cccc(N)c2Br)CCCOC1. The lowest BCUT2D eigenvalue weighted by Crippen LogP contribution is -2.51. The number of ether oxygens (including phenoxy) is 1. The highest BCUT2D eigenvalue weighted by Crippen LogP contribution is 2.25. The van der Waals surface area contributed by atoms with Gasteiger partial charge in [0.25, 0.3) is 5.91 Å². The van der Waals surface area contributed by atoms with Crippen molar-refractivity contribution in [3.63, 3.8) is 0 Å². The normalized spacial score (nSPS) is 23.7. The lowest BCUT2D eigenvalue weighted by atomic mass is 9.94. The van der Waals surface area contributed by atoms with E-state index in [1.807, 2.05) is 6.92 Å². The highest BCUT2D eigenvalue weighted by molar-refractivity contribution is 9.10. The van der Waals surface area contributed by atoms with Crippen LogP contribution in [0.4, 0.5) is 5.69 Å². The Hall–Kier alpha value is -1.07. The highest BCUT2D eigenvalue weighted by atomic mass is 79.9. The number of carbonyl (C=O) groups excluding carboxylic acids is 1. The summed E-state index contributed by atoms with van der Waals surface area (Å²) >= 11 is 3.35. The monoisotopic (exact) mass is 312 g/mol. The van der Waals surface area contributed by atoms with Crippen molar-refractivity contribution in [3.05, 3.63) is 28.2 Å². The second-order valence-electron chi connectivity index (χ2n) is 4.88. The number of hydrogen-bond donors (Lipinski definition) is 2. The van der Waals surface area contributed by atoms with Gasteiger partial charge in [0, 0.05) is 12.3 Å². The predicted molar refractivity (Wildman–Crippen MR) is 74.5 cm³/mol. The minimum Gasteiger partial charge on any atom is -0.398 e. The van der Waals surface area contributed by atoms with Crippen molar-refractivity contribution >= 4 is 27.5 Å². The van der Waals surface area contributed by atoms with Crippen molar-refractivity contribution < 1.29 is 9.53 Å². The topological polar surface area (TPSA) is 64.4 Å². The average molecular weight is 313 g/mol. The molecule has 98 valence electrons. The number of rotatable bonds is 2. The molecule has 5 heteroatoms. The summed E-state index contributed by atoms with van der Waals surface area (Å²) in [4.78, 5) is 12.2. The molecule has 1 aromatic carbocycles. The van der Waals surface area contributed by atoms with Gasteiger partial charge in [-0.3, -0.25) is 4.79 Å². The highest BCUT2D eigenvalue weighted by Gasteiger charge is 2.30. The van der Waals surface area contributed by atoms with Gasteiger partial charge in [0.1, 0.15) is 0 Å². The largest absolute Gasteiger partial charge is 0.398 e. The molecule has 0 saturated carbocycles. The van der Waals surface area contributed by atoms with Crippen molar-refractivity contribution in [2.45, 2.75) is 25.3 Å². The van der Waals surface area contributed by atoms with E-state index in [0.717, 1.165) is 19.4 Å². The number of benzene rings is 1. The van der Waals surface area contributed by atoms with E-state index in [2.05, 4.69) is 21.2 Å². The zero-order chi connectivity index (χ0) is 13.2. The van der Waals surface area contributed by atoms with Crippen LogP contribution >= 0.6 is 15.9 Å². The Morgan fingerprint density at radius 2 is 2.33 bits per heavy atom. The van der Waals surface area contributed by atoms with Gasteiger partial charge in [0.15, 0.2) is 0 Å². The summed E-state index contributed by atoms with van der Waals surface area (Å²) in [5.74, 6) is -0.123. The molecule has 1 aliphatic rings. The number of anilines is 1. The first kappa shape index (κ1) is 13.4. The van der Waals surface area contributed by atoms with E-state index < -0.39 is 0 Å². The van der Waals surface area contributed by atoms with Crippen LogP contribution in [0.3, 0.4) is 0 Å². The second kappa shape index (κ2) is 5.28. The molecule has 1 saturated heterocycles. The molecule has 1 atom stereocenters. The van der Waals surface area contributed by atoms with Crippen LogP contribution in [0, 0.1) is 0 Å². The van der Waals surface area contributed by atoms with Crippen LogP contribution in [0.5, 0.6) is 0 Å². The number of nitrogens with two attached hydrogens (primary N) is 1. The van der Waals surface area contributed by atoms with Gasteiger partial charge in [-0.15, -0.1) is 0 Å². The van der Waals surface area contributed by atoms with Crippen molar-refractivity contribution in [1.29, 1.82) is 0 Å². The van der Waals surface area contributed by atoms with Crippen LogP contribution in [0.25, 0.3) is 0 Å². The first-order chi connectivity index (χ1) is 8.52. The standard InChI is InChI=1S/C13H17BrN2O2/c1-13(6-3-7-18-8-13)16-12(17)9-4-2-5-10(15)11(9)14/h2,4-5H,3,6-8,15H2,1H3,(H,16,17). The van der Waals surface area contributed by atoms with E-state index in [1.54, 1.807) is 18.2 Å². The molecular formula is C13H17BrN2O2. The fourth-order valence-corrected chi connectivity index (χ4v) is 2.54. The molecule has 0 bridgehead atoms.